The highest BCUT2D eigenvalue weighted by Gasteiger charge is 2.10. The molecule has 2 aromatic rings. The van der Waals surface area contributed by atoms with Crippen LogP contribution in [-0.4, -0.2) is 15.8 Å². The van der Waals surface area contributed by atoms with Gasteiger partial charge >= 0.3 is 0 Å². The molecule has 0 radical (unpaired) electrons. The first-order chi connectivity index (χ1) is 9.61. The van der Waals surface area contributed by atoms with Crippen molar-refractivity contribution in [3.63, 3.8) is 0 Å². The number of benzene rings is 1. The lowest BCUT2D eigenvalue weighted by Crippen LogP contribution is -2.21. The molecule has 1 aromatic carbocycles. The molecule has 108 valence electrons. The maximum atomic E-state index is 14.3. The quantitative estimate of drug-likeness (QED) is 0.873. The first-order valence-electron chi connectivity index (χ1n) is 7.15. The van der Waals surface area contributed by atoms with Gasteiger partial charge in [0.15, 0.2) is 0 Å². The van der Waals surface area contributed by atoms with Crippen LogP contribution >= 0.6 is 0 Å². The first kappa shape index (κ1) is 14.7. The molecule has 0 unspecified atom stereocenters. The fourth-order valence-electron chi connectivity index (χ4n) is 2.15. The number of hydrogen-bond donors (Lipinski definition) is 1. The summed E-state index contributed by atoms with van der Waals surface area (Å²) < 4.78 is 16.1. The van der Waals surface area contributed by atoms with E-state index in [1.165, 1.54) is 0 Å². The lowest BCUT2D eigenvalue weighted by molar-refractivity contribution is 0.579. The van der Waals surface area contributed by atoms with E-state index in [2.05, 4.69) is 31.2 Å². The Balaban J connectivity index is 2.23. The summed E-state index contributed by atoms with van der Waals surface area (Å²) in [6.45, 7) is 7.73. The van der Waals surface area contributed by atoms with Gasteiger partial charge in [-0.25, -0.2) is 4.39 Å². The van der Waals surface area contributed by atoms with Gasteiger partial charge in [-0.15, -0.1) is 0 Å². The second-order valence-corrected chi connectivity index (χ2v) is 5.29. The van der Waals surface area contributed by atoms with Gasteiger partial charge < -0.3 is 5.32 Å². The molecule has 20 heavy (non-hydrogen) atoms. The molecule has 0 fully saturated rings. The van der Waals surface area contributed by atoms with Gasteiger partial charge in [0.25, 0.3) is 0 Å². The van der Waals surface area contributed by atoms with Crippen LogP contribution < -0.4 is 5.32 Å². The van der Waals surface area contributed by atoms with Crippen molar-refractivity contribution >= 4 is 0 Å². The van der Waals surface area contributed by atoms with Crippen LogP contribution in [-0.2, 0) is 13.1 Å². The Morgan fingerprint density at radius 3 is 2.75 bits per heavy atom. The molecular formula is C16H22FN3. The second-order valence-electron chi connectivity index (χ2n) is 5.29. The van der Waals surface area contributed by atoms with E-state index in [0.717, 1.165) is 24.2 Å². The summed E-state index contributed by atoms with van der Waals surface area (Å²) in [5, 5.41) is 7.53. The predicted octanol–water partition coefficient (Wildman–Crippen LogP) is 3.60. The summed E-state index contributed by atoms with van der Waals surface area (Å²) in [6.07, 6.45) is 2.70. The Labute approximate surface area is 119 Å². The van der Waals surface area contributed by atoms with E-state index in [9.17, 15) is 4.39 Å². The molecular weight excluding hydrogens is 253 g/mol. The third-order valence-electron chi connectivity index (χ3n) is 3.18. The van der Waals surface area contributed by atoms with Crippen LogP contribution in [0.4, 0.5) is 4.39 Å². The molecule has 0 atom stereocenters. The summed E-state index contributed by atoms with van der Waals surface area (Å²) in [5.41, 5.74) is 2.42. The smallest absolute Gasteiger partial charge is 0.132 e. The third-order valence-corrected chi connectivity index (χ3v) is 3.18. The van der Waals surface area contributed by atoms with E-state index in [4.69, 9.17) is 0 Å². The zero-order valence-corrected chi connectivity index (χ0v) is 12.4. The Bertz CT molecular complexity index is 561. The molecule has 0 aliphatic heterocycles. The normalized spacial score (nSPS) is 11.2. The second kappa shape index (κ2) is 6.66. The zero-order chi connectivity index (χ0) is 14.5. The molecule has 0 bridgehead atoms. The van der Waals surface area contributed by atoms with Crippen LogP contribution in [0.15, 0.2) is 30.5 Å². The molecule has 0 saturated heterocycles. The molecule has 3 nitrogen and oxygen atoms in total. The molecule has 1 aromatic heterocycles. The summed E-state index contributed by atoms with van der Waals surface area (Å²) in [4.78, 5) is 0. The van der Waals surface area contributed by atoms with Crippen LogP contribution in [0.5, 0.6) is 0 Å². The summed E-state index contributed by atoms with van der Waals surface area (Å²) in [5.74, 6) is -0.189. The Kier molecular flexibility index (Phi) is 4.90. The van der Waals surface area contributed by atoms with Crippen molar-refractivity contribution in [2.24, 2.45) is 0 Å². The highest BCUT2D eigenvalue weighted by molar-refractivity contribution is 5.60. The number of aromatic nitrogens is 2. The summed E-state index contributed by atoms with van der Waals surface area (Å²) in [7, 11) is 0. The lowest BCUT2D eigenvalue weighted by Gasteiger charge is -2.11. The van der Waals surface area contributed by atoms with E-state index >= 15 is 0 Å². The summed E-state index contributed by atoms with van der Waals surface area (Å²) in [6, 6.07) is 7.67. The van der Waals surface area contributed by atoms with Crippen molar-refractivity contribution in [1.82, 2.24) is 15.1 Å². The minimum absolute atomic E-state index is 0.189. The molecule has 4 heteroatoms. The zero-order valence-electron chi connectivity index (χ0n) is 12.4. The fraction of sp³-hybridized carbons (Fsp3) is 0.438. The maximum Gasteiger partial charge on any atom is 0.132 e. The van der Waals surface area contributed by atoms with Crippen LogP contribution in [0.25, 0.3) is 11.3 Å². The van der Waals surface area contributed by atoms with Gasteiger partial charge in [-0.2, -0.15) is 5.10 Å². The standard InChI is InChI=1S/C16H22FN3/c1-4-9-20-16(7-8-19-20)14-6-5-13(10-15(14)17)11-18-12(2)3/h5-8,10,12,18H,4,9,11H2,1-3H3. The Hall–Kier alpha value is -1.68. The van der Waals surface area contributed by atoms with Crippen LogP contribution in [0.1, 0.15) is 32.8 Å². The average Bonchev–Trinajstić information content (AvgIpc) is 2.85. The third kappa shape index (κ3) is 3.45. The van der Waals surface area contributed by atoms with Crippen molar-refractivity contribution in [2.45, 2.75) is 46.3 Å². The number of aryl methyl sites for hydroxylation is 1. The van der Waals surface area contributed by atoms with Gasteiger partial charge in [-0.05, 0) is 30.2 Å². The van der Waals surface area contributed by atoms with Gasteiger partial charge in [0, 0.05) is 30.9 Å². The van der Waals surface area contributed by atoms with E-state index in [-0.39, 0.29) is 5.82 Å². The molecule has 0 spiro atoms. The largest absolute Gasteiger partial charge is 0.310 e. The van der Waals surface area contributed by atoms with Crippen molar-refractivity contribution in [3.8, 4) is 11.3 Å². The van der Waals surface area contributed by atoms with Crippen molar-refractivity contribution in [2.75, 3.05) is 0 Å². The molecule has 0 amide bonds. The van der Waals surface area contributed by atoms with Gasteiger partial charge in [-0.3, -0.25) is 4.68 Å². The SMILES string of the molecule is CCCn1nccc1-c1ccc(CNC(C)C)cc1F. The van der Waals surface area contributed by atoms with Crippen LogP contribution in [0, 0.1) is 5.82 Å². The van der Waals surface area contributed by atoms with Crippen LogP contribution in [0.2, 0.25) is 0 Å². The number of nitrogens with zero attached hydrogens (tertiary/aromatic N) is 2. The average molecular weight is 275 g/mol. The van der Waals surface area contributed by atoms with Gasteiger partial charge in [0.2, 0.25) is 0 Å². The highest BCUT2D eigenvalue weighted by atomic mass is 19.1. The van der Waals surface area contributed by atoms with E-state index in [0.29, 0.717) is 18.2 Å². The van der Waals surface area contributed by atoms with Gasteiger partial charge in [0.05, 0.1) is 5.69 Å². The Morgan fingerprint density at radius 1 is 1.30 bits per heavy atom. The monoisotopic (exact) mass is 275 g/mol. The molecule has 1 N–H and O–H groups in total. The Morgan fingerprint density at radius 2 is 2.10 bits per heavy atom. The molecule has 0 aliphatic rings. The van der Waals surface area contributed by atoms with E-state index < -0.39 is 0 Å². The molecule has 0 aliphatic carbocycles. The number of rotatable bonds is 6. The first-order valence-corrected chi connectivity index (χ1v) is 7.15. The number of nitrogens with one attached hydrogen (secondary N) is 1. The lowest BCUT2D eigenvalue weighted by atomic mass is 10.1. The van der Waals surface area contributed by atoms with Crippen molar-refractivity contribution in [3.05, 3.63) is 41.8 Å². The fourth-order valence-corrected chi connectivity index (χ4v) is 2.15. The van der Waals surface area contributed by atoms with E-state index in [1.807, 2.05) is 22.9 Å². The summed E-state index contributed by atoms with van der Waals surface area (Å²) >= 11 is 0. The van der Waals surface area contributed by atoms with Gasteiger partial charge in [0.1, 0.15) is 5.82 Å². The minimum atomic E-state index is -0.189. The maximum absolute atomic E-state index is 14.3. The number of halogens is 1. The molecule has 1 heterocycles. The van der Waals surface area contributed by atoms with Gasteiger partial charge in [-0.1, -0.05) is 26.8 Å². The minimum Gasteiger partial charge on any atom is -0.310 e. The van der Waals surface area contributed by atoms with Crippen LogP contribution in [0.3, 0.4) is 0 Å². The highest BCUT2D eigenvalue weighted by Crippen LogP contribution is 2.23. The molecule has 0 saturated carbocycles. The number of hydrogen-bond acceptors (Lipinski definition) is 2. The van der Waals surface area contributed by atoms with E-state index in [1.54, 1.807) is 12.3 Å². The topological polar surface area (TPSA) is 29.9 Å². The molecule has 2 rings (SSSR count). The predicted molar refractivity (Wildman–Crippen MR) is 79.9 cm³/mol. The van der Waals surface area contributed by atoms with Crippen molar-refractivity contribution in [1.29, 1.82) is 0 Å². The van der Waals surface area contributed by atoms with Crippen molar-refractivity contribution < 1.29 is 4.39 Å².